The monoisotopic (exact) mass is 290 g/mol. The molecule has 0 aromatic carbocycles. The van der Waals surface area contributed by atoms with Crippen molar-refractivity contribution in [3.63, 3.8) is 0 Å². The quantitative estimate of drug-likeness (QED) is 0.253. The lowest BCUT2D eigenvalue weighted by Gasteiger charge is -2.13. The molecule has 0 saturated carbocycles. The van der Waals surface area contributed by atoms with Crippen molar-refractivity contribution in [1.29, 1.82) is 0 Å². The molecule has 0 heterocycles. The molecule has 114 valence electrons. The maximum atomic E-state index is 10.1. The zero-order valence-electron chi connectivity index (χ0n) is 12.7. The molecule has 4 heteroatoms. The van der Waals surface area contributed by atoms with Crippen LogP contribution in [0.1, 0.15) is 6.92 Å². The molecule has 0 N–H and O–H groups in total. The maximum absolute atomic E-state index is 10.1. The van der Waals surface area contributed by atoms with Gasteiger partial charge < -0.3 is 14.2 Å². The Hall–Kier alpha value is -2.49. The van der Waals surface area contributed by atoms with Gasteiger partial charge in [-0.25, -0.2) is 0 Å². The molecular weight excluding hydrogens is 268 g/mol. The van der Waals surface area contributed by atoms with E-state index in [1.165, 1.54) is 7.11 Å². The highest BCUT2D eigenvalue weighted by atomic mass is 16.5. The third kappa shape index (κ3) is 8.31. The lowest BCUT2D eigenvalue weighted by Crippen LogP contribution is -2.05. The summed E-state index contributed by atoms with van der Waals surface area (Å²) in [5.41, 5.74) is 2.15. The summed E-state index contributed by atoms with van der Waals surface area (Å²) in [6, 6.07) is 0. The predicted octanol–water partition coefficient (Wildman–Crippen LogP) is 3.46. The van der Waals surface area contributed by atoms with Crippen LogP contribution >= 0.6 is 0 Å². The maximum Gasteiger partial charge on any atom is 0.293 e. The summed E-state index contributed by atoms with van der Waals surface area (Å²) in [6.07, 6.45) is 5.22. The van der Waals surface area contributed by atoms with Gasteiger partial charge in [0.05, 0.1) is 7.11 Å². The highest BCUT2D eigenvalue weighted by Gasteiger charge is 2.08. The molecule has 0 atom stereocenters. The molecule has 21 heavy (non-hydrogen) atoms. The molecule has 0 aliphatic heterocycles. The largest absolute Gasteiger partial charge is 0.497 e. The van der Waals surface area contributed by atoms with Crippen LogP contribution in [-0.2, 0) is 19.0 Å². The van der Waals surface area contributed by atoms with E-state index in [9.17, 15) is 4.79 Å². The van der Waals surface area contributed by atoms with E-state index in [2.05, 4.69) is 31.1 Å². The van der Waals surface area contributed by atoms with Gasteiger partial charge in [0.25, 0.3) is 6.47 Å². The Kier molecular flexibility index (Phi) is 9.09. The van der Waals surface area contributed by atoms with E-state index < -0.39 is 0 Å². The van der Waals surface area contributed by atoms with E-state index in [1.807, 2.05) is 13.0 Å². The first-order chi connectivity index (χ1) is 9.92. The number of hydrogen-bond donors (Lipinski definition) is 0. The molecule has 0 aromatic heterocycles. The molecule has 0 fully saturated rings. The molecule has 0 amide bonds. The van der Waals surface area contributed by atoms with Crippen LogP contribution in [0.4, 0.5) is 0 Å². The van der Waals surface area contributed by atoms with Crippen LogP contribution in [0.25, 0.3) is 0 Å². The second kappa shape index (κ2) is 10.3. The van der Waals surface area contributed by atoms with Gasteiger partial charge in [-0.15, -0.1) is 0 Å². The fourth-order valence-corrected chi connectivity index (χ4v) is 1.17. The van der Waals surface area contributed by atoms with Crippen LogP contribution in [0.2, 0.25) is 0 Å². The molecule has 0 bridgehead atoms. The summed E-state index contributed by atoms with van der Waals surface area (Å²) in [7, 11) is 1.50. The lowest BCUT2D eigenvalue weighted by atomic mass is 10.1. The number of rotatable bonds is 11. The minimum Gasteiger partial charge on any atom is -0.497 e. The summed E-state index contributed by atoms with van der Waals surface area (Å²) < 4.78 is 15.1. The van der Waals surface area contributed by atoms with Crippen LogP contribution in [-0.4, -0.2) is 26.8 Å². The first-order valence-electron chi connectivity index (χ1n) is 6.27. The number of hydrogen-bond acceptors (Lipinski definition) is 4. The van der Waals surface area contributed by atoms with Gasteiger partial charge in [0, 0.05) is 11.6 Å². The Morgan fingerprint density at radius 1 is 1.10 bits per heavy atom. The topological polar surface area (TPSA) is 44.8 Å². The average molecular weight is 290 g/mol. The zero-order valence-corrected chi connectivity index (χ0v) is 12.7. The van der Waals surface area contributed by atoms with Crippen LogP contribution in [0.5, 0.6) is 0 Å². The highest BCUT2D eigenvalue weighted by molar-refractivity contribution is 5.48. The van der Waals surface area contributed by atoms with Crippen molar-refractivity contribution in [2.75, 3.05) is 20.3 Å². The van der Waals surface area contributed by atoms with Crippen molar-refractivity contribution in [2.24, 2.45) is 0 Å². The third-order valence-corrected chi connectivity index (χ3v) is 2.34. The van der Waals surface area contributed by atoms with Crippen molar-refractivity contribution in [2.45, 2.75) is 6.92 Å². The normalized spacial score (nSPS) is 10.9. The smallest absolute Gasteiger partial charge is 0.293 e. The molecule has 0 aliphatic carbocycles. The van der Waals surface area contributed by atoms with E-state index in [1.54, 1.807) is 12.2 Å². The number of carbonyl (C=O) groups excluding carboxylic acids is 1. The number of ether oxygens (including phenoxy) is 3. The van der Waals surface area contributed by atoms with Gasteiger partial charge in [-0.3, -0.25) is 4.79 Å². The molecule has 0 spiro atoms. The van der Waals surface area contributed by atoms with E-state index in [-0.39, 0.29) is 13.2 Å². The standard InChI is InChI=1S/C17H22O4/c1-13(2)7-8-14(3)16(5)17(11-15(4)19-6)21-10-9-20-12-18/h7-8,11-12H,1,3-5,9-10H2,2,6H3/b8-7-,17-11+. The van der Waals surface area contributed by atoms with Gasteiger partial charge in [-0.05, 0) is 12.5 Å². The molecule has 0 aliphatic rings. The van der Waals surface area contributed by atoms with Crippen molar-refractivity contribution in [3.8, 4) is 0 Å². The van der Waals surface area contributed by atoms with Gasteiger partial charge in [-0.2, -0.15) is 0 Å². The lowest BCUT2D eigenvalue weighted by molar-refractivity contribution is -0.129. The Bertz CT molecular complexity index is 481. The summed E-state index contributed by atoms with van der Waals surface area (Å²) in [6.45, 7) is 17.9. The van der Waals surface area contributed by atoms with Crippen molar-refractivity contribution < 1.29 is 19.0 Å². The Morgan fingerprint density at radius 3 is 2.29 bits per heavy atom. The van der Waals surface area contributed by atoms with Crippen LogP contribution in [0, 0.1) is 0 Å². The zero-order chi connectivity index (χ0) is 16.3. The molecule has 0 aromatic rings. The van der Waals surface area contributed by atoms with Crippen molar-refractivity contribution in [3.05, 3.63) is 72.8 Å². The minimum absolute atomic E-state index is 0.141. The van der Waals surface area contributed by atoms with Crippen molar-refractivity contribution >= 4 is 6.47 Å². The van der Waals surface area contributed by atoms with Crippen LogP contribution in [0.15, 0.2) is 72.8 Å². The second-order valence-corrected chi connectivity index (χ2v) is 4.18. The summed E-state index contributed by atoms with van der Waals surface area (Å²) >= 11 is 0. The second-order valence-electron chi connectivity index (χ2n) is 4.18. The third-order valence-electron chi connectivity index (χ3n) is 2.34. The number of carbonyl (C=O) groups is 1. The fourth-order valence-electron chi connectivity index (χ4n) is 1.17. The number of methoxy groups -OCH3 is 1. The van der Waals surface area contributed by atoms with Gasteiger partial charge in [0.15, 0.2) is 0 Å². The first-order valence-corrected chi connectivity index (χ1v) is 6.27. The SMILES string of the molecule is C=C(C)/C=C\C(=C)C(=C)/C(=C\C(=C)OC)OCCOC=O. The Labute approximate surface area is 126 Å². The van der Waals surface area contributed by atoms with E-state index >= 15 is 0 Å². The Balaban J connectivity index is 4.93. The molecular formula is C17H22O4. The van der Waals surface area contributed by atoms with Crippen LogP contribution < -0.4 is 0 Å². The molecule has 4 nitrogen and oxygen atoms in total. The molecule has 0 rings (SSSR count). The van der Waals surface area contributed by atoms with Crippen molar-refractivity contribution in [1.82, 2.24) is 0 Å². The summed E-state index contributed by atoms with van der Waals surface area (Å²) in [5.74, 6) is 0.867. The van der Waals surface area contributed by atoms with E-state index in [4.69, 9.17) is 9.47 Å². The summed E-state index contributed by atoms with van der Waals surface area (Å²) in [5, 5.41) is 0. The minimum atomic E-state index is 0.141. The predicted molar refractivity (Wildman–Crippen MR) is 84.4 cm³/mol. The summed E-state index contributed by atoms with van der Waals surface area (Å²) in [4.78, 5) is 10.1. The number of allylic oxidation sites excluding steroid dienone is 5. The van der Waals surface area contributed by atoms with Gasteiger partial charge in [0.1, 0.15) is 24.7 Å². The molecule has 0 unspecified atom stereocenters. The van der Waals surface area contributed by atoms with E-state index in [0.29, 0.717) is 29.1 Å². The Morgan fingerprint density at radius 2 is 1.76 bits per heavy atom. The molecule has 0 radical (unpaired) electrons. The average Bonchev–Trinajstić information content (AvgIpc) is 2.46. The first kappa shape index (κ1) is 18.5. The molecule has 0 saturated heterocycles. The van der Waals surface area contributed by atoms with Gasteiger partial charge in [-0.1, -0.05) is 44.0 Å². The van der Waals surface area contributed by atoms with E-state index in [0.717, 1.165) is 5.57 Å². The van der Waals surface area contributed by atoms with Gasteiger partial charge in [0.2, 0.25) is 0 Å². The fraction of sp³-hybridized carbons (Fsp3) is 0.235. The van der Waals surface area contributed by atoms with Gasteiger partial charge >= 0.3 is 0 Å². The van der Waals surface area contributed by atoms with Crippen LogP contribution in [0.3, 0.4) is 0 Å². The highest BCUT2D eigenvalue weighted by Crippen LogP contribution is 2.20.